The molecule has 3 N–H and O–H groups in total. The molecule has 1 aromatic carbocycles. The lowest BCUT2D eigenvalue weighted by atomic mass is 10.1. The number of aliphatic carboxylic acids is 1. The second-order valence-electron chi connectivity index (χ2n) is 5.79. The lowest BCUT2D eigenvalue weighted by Gasteiger charge is -2.11. The van der Waals surface area contributed by atoms with Crippen LogP contribution in [0.15, 0.2) is 24.3 Å². The maximum absolute atomic E-state index is 12.3. The third-order valence-corrected chi connectivity index (χ3v) is 4.02. The van der Waals surface area contributed by atoms with E-state index < -0.39 is 23.2 Å². The Morgan fingerprint density at radius 1 is 1.25 bits per heavy atom. The van der Waals surface area contributed by atoms with Gasteiger partial charge in [0.1, 0.15) is 0 Å². The zero-order valence-corrected chi connectivity index (χ0v) is 11.9. The maximum atomic E-state index is 12.3. The van der Waals surface area contributed by atoms with Crippen molar-refractivity contribution in [1.82, 2.24) is 5.32 Å². The summed E-state index contributed by atoms with van der Waals surface area (Å²) in [5, 5.41) is 15.0. The number of amides is 1. The van der Waals surface area contributed by atoms with Crippen LogP contribution >= 0.6 is 0 Å². The molecule has 1 saturated carbocycles. The largest absolute Gasteiger partial charge is 0.481 e. The Labute approximate surface area is 118 Å². The van der Waals surface area contributed by atoms with E-state index in [1.165, 1.54) is 0 Å². The molecule has 2 rings (SSSR count). The molecule has 0 saturated heterocycles. The molecule has 1 amide bonds. The first-order valence-electron chi connectivity index (χ1n) is 6.65. The van der Waals surface area contributed by atoms with E-state index in [1.54, 1.807) is 0 Å². The fourth-order valence-electron chi connectivity index (χ4n) is 2.79. The van der Waals surface area contributed by atoms with Gasteiger partial charge >= 0.3 is 5.97 Å². The van der Waals surface area contributed by atoms with Crippen molar-refractivity contribution in [2.24, 2.45) is 17.3 Å². The van der Waals surface area contributed by atoms with E-state index in [0.717, 1.165) is 11.3 Å². The number of carbonyl (C=O) groups excluding carboxylic acids is 1. The molecule has 1 aromatic rings. The second-order valence-corrected chi connectivity index (χ2v) is 5.79. The van der Waals surface area contributed by atoms with Crippen molar-refractivity contribution < 1.29 is 14.7 Å². The highest BCUT2D eigenvalue weighted by atomic mass is 16.4. The van der Waals surface area contributed by atoms with Gasteiger partial charge in [-0.3, -0.25) is 9.59 Å². The molecule has 1 aliphatic rings. The predicted octanol–water partition coefficient (Wildman–Crippen LogP) is 1.70. The molecular formula is C15H20N2O3. The Morgan fingerprint density at radius 3 is 2.45 bits per heavy atom. The Morgan fingerprint density at radius 2 is 1.90 bits per heavy atom. The summed E-state index contributed by atoms with van der Waals surface area (Å²) in [7, 11) is 1.84. The SMILES string of the molecule is CNCc1ccccc1NC(=O)C1C(C(=O)O)C1(C)C. The van der Waals surface area contributed by atoms with E-state index in [9.17, 15) is 9.59 Å². The highest BCUT2D eigenvalue weighted by Gasteiger charge is 2.65. The third kappa shape index (κ3) is 2.54. The van der Waals surface area contributed by atoms with Gasteiger partial charge in [-0.2, -0.15) is 0 Å². The predicted molar refractivity (Wildman–Crippen MR) is 76.2 cm³/mol. The molecular weight excluding hydrogens is 256 g/mol. The molecule has 0 heterocycles. The average molecular weight is 276 g/mol. The van der Waals surface area contributed by atoms with Gasteiger partial charge in [-0.15, -0.1) is 0 Å². The minimum absolute atomic E-state index is 0.217. The Bertz CT molecular complexity index is 540. The van der Waals surface area contributed by atoms with Crippen molar-refractivity contribution in [3.63, 3.8) is 0 Å². The van der Waals surface area contributed by atoms with Crippen LogP contribution < -0.4 is 10.6 Å². The summed E-state index contributed by atoms with van der Waals surface area (Å²) in [6, 6.07) is 7.51. The zero-order chi connectivity index (χ0) is 14.9. The van der Waals surface area contributed by atoms with Gasteiger partial charge in [0.15, 0.2) is 0 Å². The van der Waals surface area contributed by atoms with Crippen LogP contribution in [0.3, 0.4) is 0 Å². The summed E-state index contributed by atoms with van der Waals surface area (Å²) in [5.74, 6) is -2.19. The third-order valence-electron chi connectivity index (χ3n) is 4.02. The fourth-order valence-corrected chi connectivity index (χ4v) is 2.79. The van der Waals surface area contributed by atoms with Gasteiger partial charge < -0.3 is 15.7 Å². The minimum atomic E-state index is -0.904. The molecule has 1 fully saturated rings. The molecule has 5 nitrogen and oxygen atoms in total. The fraction of sp³-hybridized carbons (Fsp3) is 0.467. The van der Waals surface area contributed by atoms with E-state index in [2.05, 4.69) is 10.6 Å². The van der Waals surface area contributed by atoms with Crippen LogP contribution in [0.2, 0.25) is 0 Å². The van der Waals surface area contributed by atoms with Crippen LogP contribution in [0.5, 0.6) is 0 Å². The number of carboxylic acid groups (broad SMARTS) is 1. The van der Waals surface area contributed by atoms with E-state index >= 15 is 0 Å². The van der Waals surface area contributed by atoms with Crippen molar-refractivity contribution in [3.05, 3.63) is 29.8 Å². The normalized spacial score (nSPS) is 23.1. The summed E-state index contributed by atoms with van der Waals surface area (Å²) < 4.78 is 0. The van der Waals surface area contributed by atoms with Crippen LogP contribution in [-0.2, 0) is 16.1 Å². The summed E-state index contributed by atoms with van der Waals surface area (Å²) in [6.45, 7) is 4.28. The van der Waals surface area contributed by atoms with E-state index in [0.29, 0.717) is 6.54 Å². The van der Waals surface area contributed by atoms with Gasteiger partial charge in [0.25, 0.3) is 0 Å². The number of hydrogen-bond donors (Lipinski definition) is 3. The molecule has 108 valence electrons. The first-order chi connectivity index (χ1) is 9.39. The summed E-state index contributed by atoms with van der Waals surface area (Å²) in [4.78, 5) is 23.4. The minimum Gasteiger partial charge on any atom is -0.481 e. The molecule has 2 atom stereocenters. The van der Waals surface area contributed by atoms with Crippen LogP contribution in [0.4, 0.5) is 5.69 Å². The number of anilines is 1. The summed E-state index contributed by atoms with van der Waals surface area (Å²) in [5.41, 5.74) is 1.24. The Balaban J connectivity index is 2.12. The van der Waals surface area contributed by atoms with Crippen molar-refractivity contribution in [2.45, 2.75) is 20.4 Å². The van der Waals surface area contributed by atoms with Crippen molar-refractivity contribution in [2.75, 3.05) is 12.4 Å². The first kappa shape index (κ1) is 14.5. The monoisotopic (exact) mass is 276 g/mol. The highest BCUT2D eigenvalue weighted by Crippen LogP contribution is 2.58. The zero-order valence-electron chi connectivity index (χ0n) is 11.9. The Hall–Kier alpha value is -1.88. The smallest absolute Gasteiger partial charge is 0.307 e. The Kier molecular flexibility index (Phi) is 3.81. The standard InChI is InChI=1S/C15H20N2O3/c1-15(2)11(12(15)14(19)20)13(18)17-10-7-5-4-6-9(10)8-16-3/h4-7,11-12,16H,8H2,1-3H3,(H,17,18)(H,19,20). The van der Waals surface area contributed by atoms with E-state index in [4.69, 9.17) is 5.11 Å². The number of nitrogens with one attached hydrogen (secondary N) is 2. The lowest BCUT2D eigenvalue weighted by molar-refractivity contribution is -0.140. The van der Waals surface area contributed by atoms with Crippen LogP contribution in [0.1, 0.15) is 19.4 Å². The van der Waals surface area contributed by atoms with Gasteiger partial charge in [-0.25, -0.2) is 0 Å². The van der Waals surface area contributed by atoms with Crippen LogP contribution in [0, 0.1) is 17.3 Å². The topological polar surface area (TPSA) is 78.4 Å². The van der Waals surface area contributed by atoms with Gasteiger partial charge in [-0.1, -0.05) is 32.0 Å². The average Bonchev–Trinajstić information content (AvgIpc) is 2.95. The lowest BCUT2D eigenvalue weighted by Crippen LogP contribution is -2.19. The second kappa shape index (κ2) is 5.25. The summed E-state index contributed by atoms with van der Waals surface area (Å²) >= 11 is 0. The molecule has 1 aliphatic carbocycles. The molecule has 2 unspecified atom stereocenters. The first-order valence-corrected chi connectivity index (χ1v) is 6.65. The van der Waals surface area contributed by atoms with Gasteiger partial charge in [0.05, 0.1) is 11.8 Å². The molecule has 0 radical (unpaired) electrons. The van der Waals surface area contributed by atoms with Gasteiger partial charge in [-0.05, 0) is 24.1 Å². The van der Waals surface area contributed by atoms with Crippen LogP contribution in [0.25, 0.3) is 0 Å². The molecule has 0 spiro atoms. The van der Waals surface area contributed by atoms with Gasteiger partial charge in [0.2, 0.25) is 5.91 Å². The highest BCUT2D eigenvalue weighted by molar-refractivity contribution is 6.00. The quantitative estimate of drug-likeness (QED) is 0.765. The van der Waals surface area contributed by atoms with E-state index in [-0.39, 0.29) is 5.91 Å². The maximum Gasteiger partial charge on any atom is 0.307 e. The molecule has 0 aliphatic heterocycles. The molecule has 20 heavy (non-hydrogen) atoms. The number of benzene rings is 1. The van der Waals surface area contributed by atoms with E-state index in [1.807, 2.05) is 45.2 Å². The molecule has 0 aromatic heterocycles. The molecule has 0 bridgehead atoms. The molecule has 5 heteroatoms. The number of hydrogen-bond acceptors (Lipinski definition) is 3. The summed E-state index contributed by atoms with van der Waals surface area (Å²) in [6.07, 6.45) is 0. The van der Waals surface area contributed by atoms with Gasteiger partial charge in [0, 0.05) is 12.2 Å². The number of para-hydroxylation sites is 1. The van der Waals surface area contributed by atoms with Crippen molar-refractivity contribution in [3.8, 4) is 0 Å². The van der Waals surface area contributed by atoms with Crippen molar-refractivity contribution in [1.29, 1.82) is 0 Å². The van der Waals surface area contributed by atoms with Crippen LogP contribution in [-0.4, -0.2) is 24.0 Å². The van der Waals surface area contributed by atoms with Crippen molar-refractivity contribution >= 4 is 17.6 Å². The number of rotatable bonds is 5. The number of carbonyl (C=O) groups is 2. The number of carboxylic acids is 1.